The van der Waals surface area contributed by atoms with Gasteiger partial charge in [0.2, 0.25) is 5.91 Å². The number of para-hydroxylation sites is 1. The van der Waals surface area contributed by atoms with Crippen molar-refractivity contribution in [3.63, 3.8) is 0 Å². The zero-order valence-corrected chi connectivity index (χ0v) is 15.1. The van der Waals surface area contributed by atoms with Gasteiger partial charge in [0.1, 0.15) is 23.7 Å². The van der Waals surface area contributed by atoms with Crippen LogP contribution in [0.5, 0.6) is 0 Å². The van der Waals surface area contributed by atoms with Gasteiger partial charge in [-0.1, -0.05) is 12.1 Å². The molecule has 1 aliphatic rings. The van der Waals surface area contributed by atoms with Gasteiger partial charge < -0.3 is 9.80 Å². The average Bonchev–Trinajstić information content (AvgIpc) is 3.04. The fourth-order valence-corrected chi connectivity index (χ4v) is 3.43. The summed E-state index contributed by atoms with van der Waals surface area (Å²) in [5.41, 5.74) is -1.37. The molecule has 0 bridgehead atoms. The van der Waals surface area contributed by atoms with Crippen LogP contribution in [0.2, 0.25) is 0 Å². The molecule has 2 heterocycles. The highest BCUT2D eigenvalue weighted by atomic mass is 19.1. The number of anilines is 2. The van der Waals surface area contributed by atoms with Gasteiger partial charge in [-0.25, -0.2) is 9.18 Å². The number of carbonyl (C=O) groups is 1. The Hall–Kier alpha value is -3.41. The number of benzene rings is 1. The van der Waals surface area contributed by atoms with Crippen molar-refractivity contribution < 1.29 is 9.18 Å². The van der Waals surface area contributed by atoms with Crippen molar-refractivity contribution in [3.8, 4) is 6.07 Å². The molecular weight excluding hydrogens is 353 g/mol. The highest BCUT2D eigenvalue weighted by Gasteiger charge is 2.38. The Morgan fingerprint density at radius 1 is 1.19 bits per heavy atom. The molecule has 1 amide bonds. The highest BCUT2D eigenvalue weighted by Crippen LogP contribution is 2.28. The van der Waals surface area contributed by atoms with Crippen LogP contribution in [0.25, 0.3) is 0 Å². The first-order chi connectivity index (χ1) is 12.8. The quantitative estimate of drug-likeness (QED) is 0.776. The molecule has 9 heteroatoms. The van der Waals surface area contributed by atoms with Gasteiger partial charge >= 0.3 is 5.69 Å². The highest BCUT2D eigenvalue weighted by molar-refractivity contribution is 6.01. The minimum atomic E-state index is -0.727. The molecule has 1 aliphatic heterocycles. The average molecular weight is 371 g/mol. The maximum absolute atomic E-state index is 14.1. The molecule has 1 aromatic carbocycles. The van der Waals surface area contributed by atoms with Crippen molar-refractivity contribution in [1.29, 1.82) is 5.26 Å². The van der Waals surface area contributed by atoms with E-state index in [0.29, 0.717) is 6.42 Å². The zero-order chi connectivity index (χ0) is 19.9. The van der Waals surface area contributed by atoms with E-state index in [0.717, 1.165) is 4.57 Å². The first-order valence-corrected chi connectivity index (χ1v) is 8.28. The van der Waals surface area contributed by atoms with Crippen LogP contribution in [0.15, 0.2) is 33.9 Å². The molecule has 2 aromatic rings. The fraction of sp³-hybridized carbons (Fsp3) is 0.333. The summed E-state index contributed by atoms with van der Waals surface area (Å²) in [5, 5.41) is 9.41. The molecule has 0 radical (unpaired) electrons. The SMILES string of the molecule is CN(c1c(C#N)c(=O)n(C)c(=O)n1C)C1CCN(c2ccccc2F)C1=O. The number of rotatable bonds is 3. The number of nitrogens with zero attached hydrogens (tertiary/aromatic N) is 5. The number of halogens is 1. The number of carbonyl (C=O) groups excluding carboxylic acids is 1. The van der Waals surface area contributed by atoms with Crippen LogP contribution in [0.3, 0.4) is 0 Å². The number of aromatic nitrogens is 2. The van der Waals surface area contributed by atoms with Crippen LogP contribution >= 0.6 is 0 Å². The second-order valence-corrected chi connectivity index (χ2v) is 6.37. The van der Waals surface area contributed by atoms with Gasteiger partial charge in [0, 0.05) is 27.7 Å². The standard InChI is InChI=1S/C18H18FN5O3/c1-21(15-11(10-20)16(25)23(3)18(27)22(15)2)14-8-9-24(17(14)26)13-7-5-4-6-12(13)19/h4-7,14H,8-9H2,1-3H3. The lowest BCUT2D eigenvalue weighted by Crippen LogP contribution is -2.46. The van der Waals surface area contributed by atoms with Gasteiger partial charge in [0.25, 0.3) is 5.56 Å². The topological polar surface area (TPSA) is 91.3 Å². The predicted molar refractivity (Wildman–Crippen MR) is 97.2 cm³/mol. The van der Waals surface area contributed by atoms with E-state index in [-0.39, 0.29) is 29.5 Å². The predicted octanol–water partition coefficient (Wildman–Crippen LogP) is 0.336. The van der Waals surface area contributed by atoms with E-state index in [9.17, 15) is 24.0 Å². The van der Waals surface area contributed by atoms with Gasteiger partial charge in [-0.15, -0.1) is 0 Å². The fourth-order valence-electron chi connectivity index (χ4n) is 3.43. The number of hydrogen-bond acceptors (Lipinski definition) is 5. The number of amides is 1. The summed E-state index contributed by atoms with van der Waals surface area (Å²) >= 11 is 0. The van der Waals surface area contributed by atoms with E-state index in [1.165, 1.54) is 46.7 Å². The smallest absolute Gasteiger partial charge is 0.332 e. The van der Waals surface area contributed by atoms with E-state index in [1.54, 1.807) is 13.1 Å². The van der Waals surface area contributed by atoms with E-state index in [4.69, 9.17) is 0 Å². The second kappa shape index (κ2) is 6.72. The summed E-state index contributed by atoms with van der Waals surface area (Å²) in [6.45, 7) is 0.287. The first-order valence-electron chi connectivity index (χ1n) is 8.28. The van der Waals surface area contributed by atoms with Crippen LogP contribution < -0.4 is 21.0 Å². The van der Waals surface area contributed by atoms with Gasteiger partial charge in [-0.3, -0.25) is 18.7 Å². The van der Waals surface area contributed by atoms with Crippen LogP contribution in [-0.2, 0) is 18.9 Å². The summed E-state index contributed by atoms with van der Waals surface area (Å²) in [5.74, 6) is -0.799. The number of nitriles is 1. The molecule has 1 fully saturated rings. The maximum Gasteiger partial charge on any atom is 0.332 e. The first kappa shape index (κ1) is 18.4. The summed E-state index contributed by atoms with van der Waals surface area (Å²) in [6.07, 6.45) is 0.359. The molecule has 0 spiro atoms. The summed E-state index contributed by atoms with van der Waals surface area (Å²) in [4.78, 5) is 40.2. The molecule has 0 N–H and O–H groups in total. The van der Waals surface area contributed by atoms with Crippen molar-refractivity contribution in [2.45, 2.75) is 12.5 Å². The normalized spacial score (nSPS) is 16.5. The van der Waals surface area contributed by atoms with Crippen LogP contribution in [0, 0.1) is 17.1 Å². The molecule has 1 atom stereocenters. The van der Waals surface area contributed by atoms with E-state index < -0.39 is 23.1 Å². The Labute approximate surface area is 154 Å². The van der Waals surface area contributed by atoms with Crippen molar-refractivity contribution in [1.82, 2.24) is 9.13 Å². The van der Waals surface area contributed by atoms with Crippen molar-refractivity contribution in [2.75, 3.05) is 23.4 Å². The minimum absolute atomic E-state index is 0.0688. The van der Waals surface area contributed by atoms with Crippen molar-refractivity contribution in [2.24, 2.45) is 14.1 Å². The van der Waals surface area contributed by atoms with Crippen molar-refractivity contribution >= 4 is 17.4 Å². The van der Waals surface area contributed by atoms with Crippen LogP contribution in [0.1, 0.15) is 12.0 Å². The lowest BCUT2D eigenvalue weighted by Gasteiger charge is -2.28. The summed E-state index contributed by atoms with van der Waals surface area (Å²) in [6, 6.07) is 7.07. The van der Waals surface area contributed by atoms with Crippen LogP contribution in [0.4, 0.5) is 15.9 Å². The maximum atomic E-state index is 14.1. The Bertz CT molecular complexity index is 1080. The number of likely N-dealkylation sites (N-methyl/N-ethyl adjacent to an activating group) is 1. The molecule has 3 rings (SSSR count). The molecular formula is C18H18FN5O3. The lowest BCUT2D eigenvalue weighted by molar-refractivity contribution is -0.118. The molecule has 27 heavy (non-hydrogen) atoms. The molecule has 140 valence electrons. The minimum Gasteiger partial charge on any atom is -0.348 e. The third-order valence-corrected chi connectivity index (χ3v) is 4.87. The summed E-state index contributed by atoms with van der Waals surface area (Å²) in [7, 11) is 4.26. The van der Waals surface area contributed by atoms with E-state index >= 15 is 0 Å². The third-order valence-electron chi connectivity index (χ3n) is 4.87. The van der Waals surface area contributed by atoms with Gasteiger partial charge in [-0.05, 0) is 18.6 Å². The molecule has 1 saturated heterocycles. The monoisotopic (exact) mass is 371 g/mol. The largest absolute Gasteiger partial charge is 0.348 e. The Morgan fingerprint density at radius 2 is 1.85 bits per heavy atom. The van der Waals surface area contributed by atoms with Crippen molar-refractivity contribution in [3.05, 3.63) is 56.5 Å². The Kier molecular flexibility index (Phi) is 4.57. The van der Waals surface area contributed by atoms with Gasteiger partial charge in [0.15, 0.2) is 5.56 Å². The van der Waals surface area contributed by atoms with Gasteiger partial charge in [-0.2, -0.15) is 5.26 Å². The van der Waals surface area contributed by atoms with Gasteiger partial charge in [0.05, 0.1) is 5.69 Å². The zero-order valence-electron chi connectivity index (χ0n) is 15.1. The molecule has 1 aromatic heterocycles. The molecule has 0 saturated carbocycles. The van der Waals surface area contributed by atoms with E-state index in [2.05, 4.69) is 0 Å². The lowest BCUT2D eigenvalue weighted by atomic mass is 10.2. The molecule has 0 aliphatic carbocycles. The Morgan fingerprint density at radius 3 is 2.48 bits per heavy atom. The van der Waals surface area contributed by atoms with E-state index in [1.807, 2.05) is 6.07 Å². The molecule has 1 unspecified atom stereocenters. The summed E-state index contributed by atoms with van der Waals surface area (Å²) < 4.78 is 16.1. The number of hydrogen-bond donors (Lipinski definition) is 0. The Balaban J connectivity index is 2.04. The molecule has 8 nitrogen and oxygen atoms in total. The third kappa shape index (κ3) is 2.79. The van der Waals surface area contributed by atoms with Crippen LogP contribution in [-0.4, -0.2) is 34.7 Å². The second-order valence-electron chi connectivity index (χ2n) is 6.37.